The summed E-state index contributed by atoms with van der Waals surface area (Å²) in [7, 11) is 0. The molecule has 0 aromatic heterocycles. The van der Waals surface area contributed by atoms with E-state index in [0.29, 0.717) is 12.0 Å². The molecule has 3 nitrogen and oxygen atoms in total. The lowest BCUT2D eigenvalue weighted by molar-refractivity contribution is 0.187. The summed E-state index contributed by atoms with van der Waals surface area (Å²) in [6.07, 6.45) is 3.52. The Morgan fingerprint density at radius 3 is 2.89 bits per heavy atom. The largest absolute Gasteiger partial charge is 0.322 e. The fourth-order valence-corrected chi connectivity index (χ4v) is 2.97. The third-order valence-corrected chi connectivity index (χ3v) is 4.19. The van der Waals surface area contributed by atoms with Gasteiger partial charge in [0.1, 0.15) is 0 Å². The molecule has 1 fully saturated rings. The fourth-order valence-electron chi connectivity index (χ4n) is 2.57. The van der Waals surface area contributed by atoms with E-state index >= 15 is 0 Å². The minimum absolute atomic E-state index is 0.0133. The number of urea groups is 1. The average molecular weight is 325 g/mol. The zero-order valence-corrected chi connectivity index (χ0v) is 13.1. The van der Waals surface area contributed by atoms with E-state index in [2.05, 4.69) is 35.1 Å². The molecule has 1 aliphatic heterocycles. The van der Waals surface area contributed by atoms with Crippen LogP contribution >= 0.6 is 15.9 Å². The molecule has 1 aromatic rings. The average Bonchev–Trinajstić information content (AvgIpc) is 2.51. The van der Waals surface area contributed by atoms with Crippen LogP contribution in [0.15, 0.2) is 28.7 Å². The standard InChI is InChI=1S/C15H21BrN2O/c1-11-5-3-6-12(2)18(10-11)15(19)17-14-8-4-7-13(16)9-14/h4,7-9,11-12H,3,5-6,10H2,1-2H3,(H,17,19)/t11-,12-/m0/s1. The van der Waals surface area contributed by atoms with E-state index in [9.17, 15) is 4.79 Å². The lowest BCUT2D eigenvalue weighted by Crippen LogP contribution is -2.42. The third-order valence-electron chi connectivity index (χ3n) is 3.70. The lowest BCUT2D eigenvalue weighted by Gasteiger charge is -2.28. The molecule has 2 atom stereocenters. The van der Waals surface area contributed by atoms with E-state index in [1.54, 1.807) is 0 Å². The number of likely N-dealkylation sites (tertiary alicyclic amines) is 1. The molecule has 2 amide bonds. The maximum absolute atomic E-state index is 12.4. The van der Waals surface area contributed by atoms with Gasteiger partial charge < -0.3 is 10.2 Å². The highest BCUT2D eigenvalue weighted by atomic mass is 79.9. The Morgan fingerprint density at radius 2 is 2.16 bits per heavy atom. The Hall–Kier alpha value is -1.03. The predicted octanol–water partition coefficient (Wildman–Crippen LogP) is 4.49. The molecule has 0 spiro atoms. The van der Waals surface area contributed by atoms with Crippen LogP contribution in [-0.2, 0) is 0 Å². The number of nitrogens with zero attached hydrogens (tertiary/aromatic N) is 1. The van der Waals surface area contributed by atoms with Crippen molar-refractivity contribution in [3.63, 3.8) is 0 Å². The van der Waals surface area contributed by atoms with Gasteiger partial charge in [-0.1, -0.05) is 35.3 Å². The molecule has 0 aliphatic carbocycles. The van der Waals surface area contributed by atoms with Crippen molar-refractivity contribution in [1.29, 1.82) is 0 Å². The van der Waals surface area contributed by atoms with Gasteiger partial charge in [-0.05, 0) is 43.9 Å². The van der Waals surface area contributed by atoms with Gasteiger partial charge in [-0.15, -0.1) is 0 Å². The van der Waals surface area contributed by atoms with Gasteiger partial charge in [0.15, 0.2) is 0 Å². The van der Waals surface area contributed by atoms with Gasteiger partial charge in [0.2, 0.25) is 0 Å². The molecule has 0 unspecified atom stereocenters. The summed E-state index contributed by atoms with van der Waals surface area (Å²) in [4.78, 5) is 14.4. The second-order valence-corrected chi connectivity index (χ2v) is 6.39. The quantitative estimate of drug-likeness (QED) is 0.810. The summed E-state index contributed by atoms with van der Waals surface area (Å²) in [5, 5.41) is 2.99. The Balaban J connectivity index is 2.05. The van der Waals surface area contributed by atoms with Crippen LogP contribution in [0.5, 0.6) is 0 Å². The van der Waals surface area contributed by atoms with Crippen LogP contribution in [0.4, 0.5) is 10.5 Å². The van der Waals surface area contributed by atoms with Gasteiger partial charge in [-0.3, -0.25) is 0 Å². The predicted molar refractivity (Wildman–Crippen MR) is 82.3 cm³/mol. The van der Waals surface area contributed by atoms with E-state index in [-0.39, 0.29) is 6.03 Å². The fraction of sp³-hybridized carbons (Fsp3) is 0.533. The van der Waals surface area contributed by atoms with Crippen molar-refractivity contribution in [3.8, 4) is 0 Å². The zero-order chi connectivity index (χ0) is 13.8. The number of benzene rings is 1. The molecule has 1 N–H and O–H groups in total. The Labute approximate surface area is 123 Å². The number of hydrogen-bond acceptors (Lipinski definition) is 1. The smallest absolute Gasteiger partial charge is 0.322 e. The summed E-state index contributed by atoms with van der Waals surface area (Å²) >= 11 is 3.42. The molecule has 19 heavy (non-hydrogen) atoms. The van der Waals surface area contributed by atoms with Gasteiger partial charge in [-0.2, -0.15) is 0 Å². The molecule has 1 saturated heterocycles. The highest BCUT2D eigenvalue weighted by Crippen LogP contribution is 2.22. The summed E-state index contributed by atoms with van der Waals surface area (Å²) in [5.74, 6) is 0.582. The van der Waals surface area contributed by atoms with Crippen LogP contribution in [0, 0.1) is 5.92 Å². The first kappa shape index (κ1) is 14.4. The first-order valence-electron chi connectivity index (χ1n) is 6.89. The van der Waals surface area contributed by atoms with Crippen molar-refractivity contribution in [2.75, 3.05) is 11.9 Å². The van der Waals surface area contributed by atoms with Crippen LogP contribution in [0.2, 0.25) is 0 Å². The molecule has 1 heterocycles. The summed E-state index contributed by atoms with van der Waals surface area (Å²) < 4.78 is 0.975. The summed E-state index contributed by atoms with van der Waals surface area (Å²) in [5.41, 5.74) is 0.837. The zero-order valence-electron chi connectivity index (χ0n) is 11.5. The number of carbonyl (C=O) groups is 1. The van der Waals surface area contributed by atoms with E-state index in [1.165, 1.54) is 12.8 Å². The summed E-state index contributed by atoms with van der Waals surface area (Å²) in [6.45, 7) is 5.21. The van der Waals surface area contributed by atoms with Crippen LogP contribution in [0.1, 0.15) is 33.1 Å². The highest BCUT2D eigenvalue weighted by molar-refractivity contribution is 9.10. The van der Waals surface area contributed by atoms with Crippen molar-refractivity contribution < 1.29 is 4.79 Å². The van der Waals surface area contributed by atoms with Crippen molar-refractivity contribution in [1.82, 2.24) is 4.90 Å². The van der Waals surface area contributed by atoms with E-state index in [4.69, 9.17) is 0 Å². The number of anilines is 1. The van der Waals surface area contributed by atoms with Crippen molar-refractivity contribution in [2.45, 2.75) is 39.2 Å². The van der Waals surface area contributed by atoms with Crippen LogP contribution < -0.4 is 5.32 Å². The number of rotatable bonds is 1. The number of nitrogens with one attached hydrogen (secondary N) is 1. The molecule has 0 bridgehead atoms. The molecule has 0 saturated carbocycles. The van der Waals surface area contributed by atoms with E-state index in [0.717, 1.165) is 23.1 Å². The molecule has 4 heteroatoms. The van der Waals surface area contributed by atoms with Gasteiger partial charge in [-0.25, -0.2) is 4.79 Å². The molecular formula is C15H21BrN2O. The third kappa shape index (κ3) is 3.96. The maximum atomic E-state index is 12.4. The van der Waals surface area contributed by atoms with Gasteiger partial charge >= 0.3 is 6.03 Å². The minimum atomic E-state index is 0.0133. The van der Waals surface area contributed by atoms with E-state index in [1.807, 2.05) is 29.2 Å². The van der Waals surface area contributed by atoms with Crippen molar-refractivity contribution in [3.05, 3.63) is 28.7 Å². The van der Waals surface area contributed by atoms with Crippen molar-refractivity contribution >= 4 is 27.6 Å². The van der Waals surface area contributed by atoms with E-state index < -0.39 is 0 Å². The Morgan fingerprint density at radius 1 is 1.37 bits per heavy atom. The maximum Gasteiger partial charge on any atom is 0.322 e. The molecule has 1 aromatic carbocycles. The first-order valence-corrected chi connectivity index (χ1v) is 7.68. The SMILES string of the molecule is C[C@H]1CCC[C@H](C)N(C(=O)Nc2cccc(Br)c2)C1. The Bertz CT molecular complexity index is 450. The number of hydrogen-bond donors (Lipinski definition) is 1. The lowest BCUT2D eigenvalue weighted by atomic mass is 10.1. The minimum Gasteiger partial charge on any atom is -0.322 e. The monoisotopic (exact) mass is 324 g/mol. The van der Waals surface area contributed by atoms with Crippen LogP contribution in [0.3, 0.4) is 0 Å². The molecule has 0 radical (unpaired) electrons. The second-order valence-electron chi connectivity index (χ2n) is 5.48. The second kappa shape index (κ2) is 6.42. The first-order chi connectivity index (χ1) is 9.06. The van der Waals surface area contributed by atoms with Gasteiger partial charge in [0.25, 0.3) is 0 Å². The van der Waals surface area contributed by atoms with Crippen LogP contribution in [-0.4, -0.2) is 23.5 Å². The number of carbonyl (C=O) groups excluding carboxylic acids is 1. The number of amides is 2. The molecule has 104 valence electrons. The summed E-state index contributed by atoms with van der Waals surface area (Å²) in [6, 6.07) is 8.04. The van der Waals surface area contributed by atoms with Gasteiger partial charge in [0.05, 0.1) is 0 Å². The van der Waals surface area contributed by atoms with Gasteiger partial charge in [0, 0.05) is 22.7 Å². The molecule has 1 aliphatic rings. The highest BCUT2D eigenvalue weighted by Gasteiger charge is 2.25. The normalized spacial score (nSPS) is 23.8. The number of halogens is 1. The van der Waals surface area contributed by atoms with Crippen molar-refractivity contribution in [2.24, 2.45) is 5.92 Å². The molecular weight excluding hydrogens is 304 g/mol. The topological polar surface area (TPSA) is 32.3 Å². The molecule has 2 rings (SSSR count). The Kier molecular flexibility index (Phi) is 4.86. The van der Waals surface area contributed by atoms with Crippen LogP contribution in [0.25, 0.3) is 0 Å².